The lowest BCUT2D eigenvalue weighted by molar-refractivity contribution is 0.104. The third-order valence-corrected chi connectivity index (χ3v) is 3.99. The van der Waals surface area contributed by atoms with Crippen LogP contribution in [0.15, 0.2) is 24.3 Å². The van der Waals surface area contributed by atoms with Gasteiger partial charge in [-0.15, -0.1) is 0 Å². The molecule has 1 N–H and O–H groups in total. The number of rotatable bonds is 6. The largest absolute Gasteiger partial charge is 0.378 e. The van der Waals surface area contributed by atoms with E-state index in [0.717, 1.165) is 38.4 Å². The van der Waals surface area contributed by atoms with Crippen molar-refractivity contribution in [3.8, 4) is 0 Å². The maximum atomic E-state index is 5.64. The molecule has 1 aromatic heterocycles. The Morgan fingerprint density at radius 2 is 2.30 bits per heavy atom. The van der Waals surface area contributed by atoms with E-state index in [4.69, 9.17) is 9.84 Å². The summed E-state index contributed by atoms with van der Waals surface area (Å²) in [5.74, 6) is 0. The predicted molar refractivity (Wildman–Crippen MR) is 80.7 cm³/mol. The summed E-state index contributed by atoms with van der Waals surface area (Å²) >= 11 is 0. The van der Waals surface area contributed by atoms with Gasteiger partial charge in [-0.2, -0.15) is 5.10 Å². The van der Waals surface area contributed by atoms with Gasteiger partial charge in [0.25, 0.3) is 0 Å². The number of hydrogen-bond donors (Lipinski definition) is 1. The van der Waals surface area contributed by atoms with Gasteiger partial charge in [0.2, 0.25) is 0 Å². The van der Waals surface area contributed by atoms with Gasteiger partial charge in [0.05, 0.1) is 17.3 Å². The molecule has 2 aromatic rings. The van der Waals surface area contributed by atoms with Crippen LogP contribution < -0.4 is 5.32 Å². The van der Waals surface area contributed by atoms with E-state index in [0.29, 0.717) is 6.10 Å². The highest BCUT2D eigenvalue weighted by atomic mass is 16.5. The molecule has 1 aliphatic heterocycles. The number of para-hydroxylation sites is 1. The van der Waals surface area contributed by atoms with Crippen LogP contribution in [0, 0.1) is 0 Å². The molecular formula is C16H23N3O. The zero-order valence-electron chi connectivity index (χ0n) is 12.1. The fraction of sp³-hybridized carbons (Fsp3) is 0.562. The predicted octanol–water partition coefficient (Wildman–Crippen LogP) is 2.71. The number of ether oxygens (including phenoxy) is 1. The number of aryl methyl sites for hydroxylation is 1. The van der Waals surface area contributed by atoms with Crippen molar-refractivity contribution in [1.29, 1.82) is 0 Å². The molecule has 0 saturated carbocycles. The van der Waals surface area contributed by atoms with Crippen molar-refractivity contribution in [3.05, 3.63) is 30.0 Å². The molecule has 20 heavy (non-hydrogen) atoms. The van der Waals surface area contributed by atoms with Gasteiger partial charge < -0.3 is 10.1 Å². The molecule has 0 radical (unpaired) electrons. The summed E-state index contributed by atoms with van der Waals surface area (Å²) < 4.78 is 7.71. The van der Waals surface area contributed by atoms with Crippen LogP contribution >= 0.6 is 0 Å². The highest BCUT2D eigenvalue weighted by Crippen LogP contribution is 2.18. The first-order valence-corrected chi connectivity index (χ1v) is 7.65. The molecule has 2 heterocycles. The second-order valence-electron chi connectivity index (χ2n) is 5.38. The summed E-state index contributed by atoms with van der Waals surface area (Å²) in [4.78, 5) is 0. The number of nitrogens with zero attached hydrogens (tertiary/aromatic N) is 2. The lowest BCUT2D eigenvalue weighted by atomic mass is 10.2. The molecular weight excluding hydrogens is 250 g/mol. The van der Waals surface area contributed by atoms with Gasteiger partial charge in [-0.25, -0.2) is 0 Å². The van der Waals surface area contributed by atoms with Crippen molar-refractivity contribution < 1.29 is 4.74 Å². The highest BCUT2D eigenvalue weighted by Gasteiger charge is 2.14. The van der Waals surface area contributed by atoms with Crippen molar-refractivity contribution in [2.24, 2.45) is 0 Å². The normalized spacial score (nSPS) is 18.9. The molecule has 4 nitrogen and oxygen atoms in total. The minimum absolute atomic E-state index is 0.465. The average molecular weight is 273 g/mol. The quantitative estimate of drug-likeness (QED) is 0.823. The first kappa shape index (κ1) is 13.6. The topological polar surface area (TPSA) is 39.1 Å². The fourth-order valence-corrected chi connectivity index (χ4v) is 2.91. The number of aromatic nitrogens is 2. The Kier molecular flexibility index (Phi) is 4.33. The summed E-state index contributed by atoms with van der Waals surface area (Å²) in [5.41, 5.74) is 2.38. The van der Waals surface area contributed by atoms with Crippen molar-refractivity contribution >= 4 is 10.9 Å². The average Bonchev–Trinajstić information content (AvgIpc) is 3.11. The molecule has 3 rings (SSSR count). The first-order valence-electron chi connectivity index (χ1n) is 7.65. The van der Waals surface area contributed by atoms with E-state index in [1.165, 1.54) is 23.7 Å². The van der Waals surface area contributed by atoms with Crippen LogP contribution in [0.1, 0.15) is 31.9 Å². The van der Waals surface area contributed by atoms with Gasteiger partial charge in [-0.05, 0) is 38.8 Å². The number of benzene rings is 1. The SMILES string of the molecule is CCn1nc(CNCCC2CCCO2)c2ccccc21. The lowest BCUT2D eigenvalue weighted by Gasteiger charge is -2.09. The van der Waals surface area contributed by atoms with Crippen LogP contribution in [0.3, 0.4) is 0 Å². The standard InChI is InChI=1S/C16H23N3O/c1-2-19-16-8-4-3-7-14(16)15(18-19)12-17-10-9-13-6-5-11-20-13/h3-4,7-8,13,17H,2,5-6,9-12H2,1H3. The van der Waals surface area contributed by atoms with Crippen LogP contribution in [-0.4, -0.2) is 29.0 Å². The van der Waals surface area contributed by atoms with E-state index >= 15 is 0 Å². The van der Waals surface area contributed by atoms with E-state index in [9.17, 15) is 0 Å². The minimum atomic E-state index is 0.465. The summed E-state index contributed by atoms with van der Waals surface area (Å²) in [6, 6.07) is 8.46. The molecule has 1 fully saturated rings. The summed E-state index contributed by atoms with van der Waals surface area (Å²) in [5, 5.41) is 9.47. The van der Waals surface area contributed by atoms with Crippen LogP contribution in [0.5, 0.6) is 0 Å². The molecule has 0 amide bonds. The first-order chi connectivity index (χ1) is 9.88. The monoisotopic (exact) mass is 273 g/mol. The Balaban J connectivity index is 1.59. The molecule has 1 atom stereocenters. The van der Waals surface area contributed by atoms with Crippen molar-refractivity contribution in [1.82, 2.24) is 15.1 Å². The molecule has 108 valence electrons. The lowest BCUT2D eigenvalue weighted by Crippen LogP contribution is -2.20. The van der Waals surface area contributed by atoms with Crippen LogP contribution in [0.25, 0.3) is 10.9 Å². The van der Waals surface area contributed by atoms with Gasteiger partial charge >= 0.3 is 0 Å². The summed E-state index contributed by atoms with van der Waals surface area (Å²) in [6.45, 7) is 5.82. The van der Waals surface area contributed by atoms with Crippen LogP contribution in [0.2, 0.25) is 0 Å². The third kappa shape index (κ3) is 2.86. The van der Waals surface area contributed by atoms with Gasteiger partial charge in [-0.1, -0.05) is 18.2 Å². The Labute approximate surface area is 120 Å². The molecule has 0 bridgehead atoms. The molecule has 1 aromatic carbocycles. The van der Waals surface area contributed by atoms with Crippen molar-refractivity contribution in [3.63, 3.8) is 0 Å². The zero-order chi connectivity index (χ0) is 13.8. The second-order valence-corrected chi connectivity index (χ2v) is 5.38. The number of nitrogens with one attached hydrogen (secondary N) is 1. The van der Waals surface area contributed by atoms with Gasteiger partial charge in [0.1, 0.15) is 0 Å². The van der Waals surface area contributed by atoms with Gasteiger partial charge in [-0.3, -0.25) is 4.68 Å². The molecule has 0 aliphatic carbocycles. The molecule has 0 spiro atoms. The van der Waals surface area contributed by atoms with E-state index in [-0.39, 0.29) is 0 Å². The van der Waals surface area contributed by atoms with Crippen LogP contribution in [-0.2, 0) is 17.8 Å². The third-order valence-electron chi connectivity index (χ3n) is 3.99. The van der Waals surface area contributed by atoms with Gasteiger partial charge in [0.15, 0.2) is 0 Å². The summed E-state index contributed by atoms with van der Waals surface area (Å²) in [7, 11) is 0. The maximum Gasteiger partial charge on any atom is 0.0841 e. The Bertz CT molecular complexity index is 558. The maximum absolute atomic E-state index is 5.64. The molecule has 4 heteroatoms. The highest BCUT2D eigenvalue weighted by molar-refractivity contribution is 5.81. The Morgan fingerprint density at radius 3 is 3.10 bits per heavy atom. The Morgan fingerprint density at radius 1 is 1.40 bits per heavy atom. The second kappa shape index (κ2) is 6.37. The van der Waals surface area contributed by atoms with E-state index in [2.05, 4.69) is 41.2 Å². The van der Waals surface area contributed by atoms with E-state index in [1.807, 2.05) is 0 Å². The zero-order valence-corrected chi connectivity index (χ0v) is 12.1. The molecule has 1 unspecified atom stereocenters. The van der Waals surface area contributed by atoms with Crippen molar-refractivity contribution in [2.45, 2.75) is 45.4 Å². The van der Waals surface area contributed by atoms with Crippen LogP contribution in [0.4, 0.5) is 0 Å². The fourth-order valence-electron chi connectivity index (χ4n) is 2.91. The van der Waals surface area contributed by atoms with E-state index < -0.39 is 0 Å². The summed E-state index contributed by atoms with van der Waals surface area (Å²) in [6.07, 6.45) is 4.00. The Hall–Kier alpha value is -1.39. The molecule has 1 aliphatic rings. The van der Waals surface area contributed by atoms with E-state index in [1.54, 1.807) is 0 Å². The minimum Gasteiger partial charge on any atom is -0.378 e. The number of fused-ring (bicyclic) bond motifs is 1. The number of hydrogen-bond acceptors (Lipinski definition) is 3. The molecule has 1 saturated heterocycles. The smallest absolute Gasteiger partial charge is 0.0841 e. The van der Waals surface area contributed by atoms with Gasteiger partial charge in [0, 0.05) is 25.1 Å². The van der Waals surface area contributed by atoms with Crippen molar-refractivity contribution in [2.75, 3.05) is 13.2 Å².